The third-order valence-corrected chi connectivity index (χ3v) is 5.31. The van der Waals surface area contributed by atoms with Gasteiger partial charge in [-0.1, -0.05) is 20.8 Å². The molecule has 0 saturated heterocycles. The fourth-order valence-electron chi connectivity index (χ4n) is 2.93. The van der Waals surface area contributed by atoms with Crippen LogP contribution in [-0.2, 0) is 29.8 Å². The lowest BCUT2D eigenvalue weighted by atomic mass is 9.95. The molecule has 0 fully saturated rings. The Balaban J connectivity index is 1.54. The Morgan fingerprint density at radius 1 is 1.27 bits per heavy atom. The zero-order valence-corrected chi connectivity index (χ0v) is 15.7. The maximum atomic E-state index is 12.7. The van der Waals surface area contributed by atoms with Gasteiger partial charge in [0.05, 0.1) is 24.1 Å². The van der Waals surface area contributed by atoms with Gasteiger partial charge in [0.15, 0.2) is 0 Å². The lowest BCUT2D eigenvalue weighted by molar-refractivity contribution is -0.132. The summed E-state index contributed by atoms with van der Waals surface area (Å²) >= 11 is 1.34. The van der Waals surface area contributed by atoms with Crippen molar-refractivity contribution in [2.45, 2.75) is 45.8 Å². The standard InChI is InChI=1S/C18H19N5O2S/c1-18(2,3)17-19-6-11-7-22(8-13(11)21-17)14(24)9-23-10-20-12-4-5-26-15(12)16(23)25/h4-6,10H,7-9H2,1-3H3. The van der Waals surface area contributed by atoms with Gasteiger partial charge in [-0.2, -0.15) is 0 Å². The van der Waals surface area contributed by atoms with Crippen molar-refractivity contribution in [3.63, 3.8) is 0 Å². The van der Waals surface area contributed by atoms with E-state index >= 15 is 0 Å². The fraction of sp³-hybridized carbons (Fsp3) is 0.389. The second-order valence-corrected chi connectivity index (χ2v) is 8.39. The molecule has 7 nitrogen and oxygen atoms in total. The van der Waals surface area contributed by atoms with Crippen LogP contribution in [0.4, 0.5) is 0 Å². The Hall–Kier alpha value is -2.61. The normalized spacial score (nSPS) is 14.0. The Bertz CT molecular complexity index is 1060. The predicted octanol–water partition coefficient (Wildman–Crippen LogP) is 2.09. The molecule has 4 heterocycles. The lowest BCUT2D eigenvalue weighted by Gasteiger charge is -2.16. The zero-order valence-electron chi connectivity index (χ0n) is 14.9. The maximum absolute atomic E-state index is 12.7. The van der Waals surface area contributed by atoms with Crippen molar-refractivity contribution in [1.29, 1.82) is 0 Å². The molecule has 0 spiro atoms. The SMILES string of the molecule is CC(C)(C)c1ncc2c(n1)CN(C(=O)Cn1cnc3ccsc3c1=O)C2. The minimum absolute atomic E-state index is 0.0206. The van der Waals surface area contributed by atoms with Crippen LogP contribution in [0.3, 0.4) is 0 Å². The van der Waals surface area contributed by atoms with E-state index in [1.54, 1.807) is 11.0 Å². The average molecular weight is 369 g/mol. The molecular weight excluding hydrogens is 350 g/mol. The molecule has 26 heavy (non-hydrogen) atoms. The van der Waals surface area contributed by atoms with E-state index in [1.807, 2.05) is 11.6 Å². The zero-order chi connectivity index (χ0) is 18.5. The van der Waals surface area contributed by atoms with Crippen LogP contribution in [-0.4, -0.2) is 30.3 Å². The van der Waals surface area contributed by atoms with E-state index < -0.39 is 0 Å². The molecule has 1 aliphatic heterocycles. The van der Waals surface area contributed by atoms with E-state index in [0.29, 0.717) is 23.3 Å². The van der Waals surface area contributed by atoms with Crippen LogP contribution in [0.25, 0.3) is 10.2 Å². The number of rotatable bonds is 2. The Labute approximate surface area is 154 Å². The highest BCUT2D eigenvalue weighted by Gasteiger charge is 2.27. The summed E-state index contributed by atoms with van der Waals surface area (Å²) in [6.07, 6.45) is 3.25. The molecule has 0 atom stereocenters. The van der Waals surface area contributed by atoms with E-state index in [-0.39, 0.29) is 23.4 Å². The average Bonchev–Trinajstić information content (AvgIpc) is 3.22. The van der Waals surface area contributed by atoms with Crippen LogP contribution in [0.15, 0.2) is 28.8 Å². The predicted molar refractivity (Wildman–Crippen MR) is 98.9 cm³/mol. The van der Waals surface area contributed by atoms with Gasteiger partial charge < -0.3 is 4.90 Å². The molecule has 3 aromatic heterocycles. The quantitative estimate of drug-likeness (QED) is 0.691. The molecule has 0 saturated carbocycles. The first-order chi connectivity index (χ1) is 12.3. The molecular formula is C18H19N5O2S. The molecule has 1 amide bonds. The van der Waals surface area contributed by atoms with Gasteiger partial charge in [-0.15, -0.1) is 11.3 Å². The minimum Gasteiger partial charge on any atom is -0.331 e. The van der Waals surface area contributed by atoms with Gasteiger partial charge in [0.1, 0.15) is 17.1 Å². The number of amides is 1. The van der Waals surface area contributed by atoms with Crippen molar-refractivity contribution >= 4 is 27.5 Å². The summed E-state index contributed by atoms with van der Waals surface area (Å²) in [4.78, 5) is 40.1. The topological polar surface area (TPSA) is 81.0 Å². The number of hydrogen-bond acceptors (Lipinski definition) is 6. The third kappa shape index (κ3) is 2.90. The van der Waals surface area contributed by atoms with Gasteiger partial charge in [-0.05, 0) is 11.4 Å². The van der Waals surface area contributed by atoms with Crippen LogP contribution in [0.2, 0.25) is 0 Å². The molecule has 134 valence electrons. The van der Waals surface area contributed by atoms with Gasteiger partial charge in [0.25, 0.3) is 5.56 Å². The van der Waals surface area contributed by atoms with Crippen molar-refractivity contribution in [2.24, 2.45) is 0 Å². The smallest absolute Gasteiger partial charge is 0.271 e. The minimum atomic E-state index is -0.176. The van der Waals surface area contributed by atoms with E-state index in [9.17, 15) is 9.59 Å². The molecule has 1 aliphatic rings. The number of thiophene rings is 1. The summed E-state index contributed by atoms with van der Waals surface area (Å²) in [7, 11) is 0. The van der Waals surface area contributed by atoms with Crippen LogP contribution in [0, 0.1) is 0 Å². The van der Waals surface area contributed by atoms with E-state index in [4.69, 9.17) is 0 Å². The molecule has 0 bridgehead atoms. The summed E-state index contributed by atoms with van der Waals surface area (Å²) in [6, 6.07) is 1.80. The largest absolute Gasteiger partial charge is 0.331 e. The van der Waals surface area contributed by atoms with E-state index in [0.717, 1.165) is 17.1 Å². The molecule has 0 radical (unpaired) electrons. The van der Waals surface area contributed by atoms with Gasteiger partial charge in [0.2, 0.25) is 5.91 Å². The highest BCUT2D eigenvalue weighted by atomic mass is 32.1. The van der Waals surface area contributed by atoms with Gasteiger partial charge in [0, 0.05) is 23.7 Å². The monoisotopic (exact) mass is 369 g/mol. The summed E-state index contributed by atoms with van der Waals surface area (Å²) in [5.74, 6) is 0.647. The molecule has 0 aromatic carbocycles. The molecule has 0 N–H and O–H groups in total. The highest BCUT2D eigenvalue weighted by Crippen LogP contribution is 2.24. The van der Waals surface area contributed by atoms with Crippen LogP contribution >= 0.6 is 11.3 Å². The second kappa shape index (κ2) is 5.98. The first kappa shape index (κ1) is 16.8. The Morgan fingerprint density at radius 3 is 2.85 bits per heavy atom. The Kier molecular flexibility index (Phi) is 3.87. The second-order valence-electron chi connectivity index (χ2n) is 7.48. The van der Waals surface area contributed by atoms with E-state index in [2.05, 4.69) is 35.7 Å². The van der Waals surface area contributed by atoms with E-state index in [1.165, 1.54) is 22.2 Å². The first-order valence-electron chi connectivity index (χ1n) is 8.38. The highest BCUT2D eigenvalue weighted by molar-refractivity contribution is 7.17. The van der Waals surface area contributed by atoms with Gasteiger partial charge >= 0.3 is 0 Å². The Morgan fingerprint density at radius 2 is 2.08 bits per heavy atom. The molecule has 0 unspecified atom stereocenters. The number of carbonyl (C=O) groups is 1. The van der Waals surface area contributed by atoms with Crippen LogP contribution < -0.4 is 5.56 Å². The van der Waals surface area contributed by atoms with Crippen LogP contribution in [0.5, 0.6) is 0 Å². The van der Waals surface area contributed by atoms with Crippen molar-refractivity contribution < 1.29 is 4.79 Å². The summed E-state index contributed by atoms with van der Waals surface area (Å²) in [6.45, 7) is 7.09. The fourth-order valence-corrected chi connectivity index (χ4v) is 3.72. The number of aromatic nitrogens is 4. The maximum Gasteiger partial charge on any atom is 0.271 e. The number of carbonyl (C=O) groups excluding carboxylic acids is 1. The summed E-state index contributed by atoms with van der Waals surface area (Å²) < 4.78 is 1.95. The summed E-state index contributed by atoms with van der Waals surface area (Å²) in [5, 5.41) is 1.83. The molecule has 4 rings (SSSR count). The number of fused-ring (bicyclic) bond motifs is 2. The molecule has 0 aliphatic carbocycles. The summed E-state index contributed by atoms with van der Waals surface area (Å²) in [5.41, 5.74) is 2.21. The molecule has 3 aromatic rings. The van der Waals surface area contributed by atoms with Gasteiger partial charge in [-0.25, -0.2) is 15.0 Å². The van der Waals surface area contributed by atoms with Crippen LogP contribution in [0.1, 0.15) is 37.9 Å². The van der Waals surface area contributed by atoms with Crippen molar-refractivity contribution in [1.82, 2.24) is 24.4 Å². The van der Waals surface area contributed by atoms with Crippen molar-refractivity contribution in [3.05, 3.63) is 51.4 Å². The molecule has 8 heteroatoms. The number of nitrogens with zero attached hydrogens (tertiary/aromatic N) is 5. The first-order valence-corrected chi connectivity index (χ1v) is 9.26. The number of hydrogen-bond donors (Lipinski definition) is 0. The van der Waals surface area contributed by atoms with Crippen molar-refractivity contribution in [2.75, 3.05) is 0 Å². The van der Waals surface area contributed by atoms with Crippen molar-refractivity contribution in [3.8, 4) is 0 Å². The lowest BCUT2D eigenvalue weighted by Crippen LogP contribution is -2.33. The third-order valence-electron chi connectivity index (χ3n) is 4.42. The van der Waals surface area contributed by atoms with Gasteiger partial charge in [-0.3, -0.25) is 14.2 Å².